The third kappa shape index (κ3) is 5.72. The molecule has 2 amide bonds. The average Bonchev–Trinajstić information content (AvgIpc) is 3.66. The number of alkyl carbamates (subject to hydrolysis) is 1. The van der Waals surface area contributed by atoms with E-state index < -0.39 is 18.1 Å². The van der Waals surface area contributed by atoms with Crippen LogP contribution in [0.1, 0.15) is 41.3 Å². The molecule has 3 aromatic carbocycles. The van der Waals surface area contributed by atoms with Crippen molar-refractivity contribution in [1.82, 2.24) is 15.5 Å². The lowest BCUT2D eigenvalue weighted by molar-refractivity contribution is -0.118. The zero-order chi connectivity index (χ0) is 25.8. The normalized spacial score (nSPS) is 13.7. The third-order valence-electron chi connectivity index (χ3n) is 6.57. The minimum absolute atomic E-state index is 0.0713. The zero-order valence-corrected chi connectivity index (χ0v) is 20.9. The number of aromatic amines is 1. The van der Waals surface area contributed by atoms with Crippen molar-refractivity contribution >= 4 is 17.7 Å². The molecule has 1 saturated carbocycles. The van der Waals surface area contributed by atoms with E-state index >= 15 is 0 Å². The maximum atomic E-state index is 13.8. The number of amides is 2. The number of carbonyl (C=O) groups excluding carboxylic acids is 2. The second kappa shape index (κ2) is 10.7. The maximum Gasteiger partial charge on any atom is 0.408 e. The van der Waals surface area contributed by atoms with E-state index in [4.69, 9.17) is 4.74 Å². The molecule has 1 unspecified atom stereocenters. The molecule has 1 aliphatic carbocycles. The van der Waals surface area contributed by atoms with Gasteiger partial charge in [0.2, 0.25) is 5.91 Å². The fourth-order valence-corrected chi connectivity index (χ4v) is 4.61. The Labute approximate surface area is 216 Å². The van der Waals surface area contributed by atoms with E-state index in [1.807, 2.05) is 98.8 Å². The monoisotopic (exact) mass is 494 g/mol. The second-order valence-electron chi connectivity index (χ2n) is 9.40. The van der Waals surface area contributed by atoms with E-state index in [0.717, 1.165) is 46.5 Å². The van der Waals surface area contributed by atoms with Gasteiger partial charge in [0.25, 0.3) is 0 Å². The number of nitrogens with zero attached hydrogens (tertiary/aromatic N) is 1. The summed E-state index contributed by atoms with van der Waals surface area (Å²) in [7, 11) is 0. The molecular weight excluding hydrogens is 464 g/mol. The Morgan fingerprint density at radius 2 is 1.49 bits per heavy atom. The first-order valence-corrected chi connectivity index (χ1v) is 12.5. The van der Waals surface area contributed by atoms with Gasteiger partial charge >= 0.3 is 6.09 Å². The minimum atomic E-state index is -0.894. The number of carbonyl (C=O) groups is 2. The molecule has 4 aromatic rings. The number of aryl methyl sites for hydroxylation is 2. The molecule has 3 N–H and O–H groups in total. The fraction of sp³-hybridized carbons (Fsp3) is 0.233. The van der Waals surface area contributed by atoms with E-state index in [-0.39, 0.29) is 12.0 Å². The number of hydrogen-bond donors (Lipinski definition) is 3. The van der Waals surface area contributed by atoms with Gasteiger partial charge in [0, 0.05) is 22.9 Å². The molecule has 1 aliphatic rings. The smallest absolute Gasteiger partial charge is 0.408 e. The van der Waals surface area contributed by atoms with E-state index in [9.17, 15) is 9.59 Å². The number of aromatic nitrogens is 2. The lowest BCUT2D eigenvalue weighted by Crippen LogP contribution is -2.48. The van der Waals surface area contributed by atoms with Gasteiger partial charge in [-0.3, -0.25) is 9.89 Å². The number of benzene rings is 3. The highest BCUT2D eigenvalue weighted by Gasteiger charge is 2.35. The van der Waals surface area contributed by atoms with Gasteiger partial charge in [-0.05, 0) is 55.5 Å². The van der Waals surface area contributed by atoms with Crippen molar-refractivity contribution in [2.45, 2.75) is 44.8 Å². The van der Waals surface area contributed by atoms with E-state index in [1.165, 1.54) is 0 Å². The molecule has 188 valence electrons. The minimum Gasteiger partial charge on any atom is -0.446 e. The van der Waals surface area contributed by atoms with Gasteiger partial charge in [-0.15, -0.1) is 0 Å². The first kappa shape index (κ1) is 24.3. The molecule has 0 spiro atoms. The molecule has 0 saturated heterocycles. The van der Waals surface area contributed by atoms with Crippen molar-refractivity contribution in [2.24, 2.45) is 0 Å². The van der Waals surface area contributed by atoms with Crippen molar-refractivity contribution < 1.29 is 14.3 Å². The number of ether oxygens (including phenoxy) is 1. The van der Waals surface area contributed by atoms with Gasteiger partial charge in [-0.1, -0.05) is 72.8 Å². The predicted octanol–water partition coefficient (Wildman–Crippen LogP) is 5.72. The van der Waals surface area contributed by atoms with Crippen molar-refractivity contribution in [3.8, 4) is 11.1 Å². The van der Waals surface area contributed by atoms with Gasteiger partial charge in [-0.2, -0.15) is 5.10 Å². The summed E-state index contributed by atoms with van der Waals surface area (Å²) in [5.74, 6) is -0.737. The van der Waals surface area contributed by atoms with Crippen LogP contribution in [-0.4, -0.2) is 34.3 Å². The number of nitrogens with one attached hydrogen (secondary N) is 3. The number of H-pyrrole nitrogens is 1. The van der Waals surface area contributed by atoms with Gasteiger partial charge in [0.1, 0.15) is 12.1 Å². The standard InChI is InChI=1S/C30H30N4O3/c1-19-26(20(2)34-33-19)23-13-15-24(16-14-23)31-29(35)28(32-30(36)37-25-17-18-25)27(21-9-5-3-6-10-21)22-11-7-4-8-12-22/h3-16,25,27-28H,17-18H2,1-2H3,(H,31,35)(H,32,36)(H,33,34). The SMILES string of the molecule is Cc1n[nH]c(C)c1-c1ccc(NC(=O)C(NC(=O)OC2CC2)C(c2ccccc2)c2ccccc2)cc1. The van der Waals surface area contributed by atoms with Gasteiger partial charge in [0.15, 0.2) is 0 Å². The van der Waals surface area contributed by atoms with Crippen LogP contribution in [0.25, 0.3) is 11.1 Å². The van der Waals surface area contributed by atoms with Crippen LogP contribution in [0.4, 0.5) is 10.5 Å². The first-order valence-electron chi connectivity index (χ1n) is 12.5. The summed E-state index contributed by atoms with van der Waals surface area (Å²) < 4.78 is 5.45. The Balaban J connectivity index is 1.44. The van der Waals surface area contributed by atoms with Crippen LogP contribution in [0.3, 0.4) is 0 Å². The molecule has 0 bridgehead atoms. The average molecular weight is 495 g/mol. The molecule has 1 heterocycles. The maximum absolute atomic E-state index is 13.8. The van der Waals surface area contributed by atoms with Crippen LogP contribution in [0.2, 0.25) is 0 Å². The Hall–Kier alpha value is -4.39. The van der Waals surface area contributed by atoms with E-state index in [2.05, 4.69) is 20.8 Å². The van der Waals surface area contributed by atoms with E-state index in [1.54, 1.807) is 0 Å². The molecule has 1 aromatic heterocycles. The lowest BCUT2D eigenvalue weighted by Gasteiger charge is -2.28. The van der Waals surface area contributed by atoms with Gasteiger partial charge in [-0.25, -0.2) is 4.79 Å². The van der Waals surface area contributed by atoms with Gasteiger partial charge in [0.05, 0.1) is 5.69 Å². The molecule has 37 heavy (non-hydrogen) atoms. The molecule has 1 fully saturated rings. The molecule has 1 atom stereocenters. The highest BCUT2D eigenvalue weighted by molar-refractivity contribution is 5.98. The van der Waals surface area contributed by atoms with Crippen LogP contribution < -0.4 is 10.6 Å². The van der Waals surface area contributed by atoms with Gasteiger partial charge < -0.3 is 15.4 Å². The number of rotatable bonds is 8. The molecular formula is C30H30N4O3. The summed E-state index contributed by atoms with van der Waals surface area (Å²) in [6.45, 7) is 3.94. The van der Waals surface area contributed by atoms with Crippen molar-refractivity contribution in [1.29, 1.82) is 0 Å². The van der Waals surface area contributed by atoms with Crippen LogP contribution in [0, 0.1) is 13.8 Å². The Kier molecular flexibility index (Phi) is 7.03. The highest BCUT2D eigenvalue weighted by atomic mass is 16.6. The summed E-state index contributed by atoms with van der Waals surface area (Å²) in [6.07, 6.45) is 1.05. The fourth-order valence-electron chi connectivity index (χ4n) is 4.61. The molecule has 7 nitrogen and oxygen atoms in total. The van der Waals surface area contributed by atoms with Crippen molar-refractivity contribution in [2.75, 3.05) is 5.32 Å². The molecule has 5 rings (SSSR count). The van der Waals surface area contributed by atoms with Crippen LogP contribution in [0.5, 0.6) is 0 Å². The quantitative estimate of drug-likeness (QED) is 0.292. The highest BCUT2D eigenvalue weighted by Crippen LogP contribution is 2.31. The number of hydrogen-bond acceptors (Lipinski definition) is 4. The Morgan fingerprint density at radius 3 is 2.00 bits per heavy atom. The summed E-state index contributed by atoms with van der Waals surface area (Å²) in [5, 5.41) is 13.1. The predicted molar refractivity (Wildman–Crippen MR) is 143 cm³/mol. The van der Waals surface area contributed by atoms with Crippen LogP contribution >= 0.6 is 0 Å². The third-order valence-corrected chi connectivity index (χ3v) is 6.57. The summed E-state index contributed by atoms with van der Waals surface area (Å²) in [4.78, 5) is 26.5. The molecule has 0 radical (unpaired) electrons. The van der Waals surface area contributed by atoms with Crippen molar-refractivity contribution in [3.05, 3.63) is 107 Å². The van der Waals surface area contributed by atoms with Crippen molar-refractivity contribution in [3.63, 3.8) is 0 Å². The Morgan fingerprint density at radius 1 is 0.892 bits per heavy atom. The summed E-state index contributed by atoms with van der Waals surface area (Å²) in [5.41, 5.74) is 6.44. The summed E-state index contributed by atoms with van der Waals surface area (Å²) >= 11 is 0. The second-order valence-corrected chi connectivity index (χ2v) is 9.40. The molecule has 7 heteroatoms. The van der Waals surface area contributed by atoms with Crippen LogP contribution in [0.15, 0.2) is 84.9 Å². The zero-order valence-electron chi connectivity index (χ0n) is 20.9. The van der Waals surface area contributed by atoms with E-state index in [0.29, 0.717) is 5.69 Å². The molecule has 0 aliphatic heterocycles. The van der Waals surface area contributed by atoms with Crippen LogP contribution in [-0.2, 0) is 9.53 Å². The first-order chi connectivity index (χ1) is 18.0. The number of anilines is 1. The Bertz CT molecular complexity index is 1300. The topological polar surface area (TPSA) is 96.1 Å². The largest absolute Gasteiger partial charge is 0.446 e. The lowest BCUT2D eigenvalue weighted by atomic mass is 9.84. The summed E-state index contributed by atoms with van der Waals surface area (Å²) in [6, 6.07) is 26.2.